The van der Waals surface area contributed by atoms with Crippen molar-refractivity contribution in [1.29, 1.82) is 0 Å². The van der Waals surface area contributed by atoms with Crippen molar-refractivity contribution in [3.8, 4) is 0 Å². The zero-order chi connectivity index (χ0) is 18.5. The molecule has 3 fully saturated rings. The van der Waals surface area contributed by atoms with Crippen LogP contribution >= 0.6 is 17.0 Å². The van der Waals surface area contributed by atoms with Crippen molar-refractivity contribution in [3.63, 3.8) is 0 Å². The van der Waals surface area contributed by atoms with Gasteiger partial charge in [-0.15, -0.1) is 23.6 Å². The minimum absolute atomic E-state index is 0. The van der Waals surface area contributed by atoms with Gasteiger partial charge in [0.05, 0.1) is 0 Å². The highest BCUT2D eigenvalue weighted by Crippen LogP contribution is 2.65. The molecule has 1 heteroatoms. The molecule has 3 saturated carbocycles. The highest BCUT2D eigenvalue weighted by molar-refractivity contribution is 8.93. The maximum atomic E-state index is 4.16. The Balaban J connectivity index is 0.00000210. The summed E-state index contributed by atoms with van der Waals surface area (Å²) in [7, 11) is 0. The van der Waals surface area contributed by atoms with Crippen LogP contribution in [0.2, 0.25) is 0 Å². The monoisotopic (exact) mass is 426 g/mol. The van der Waals surface area contributed by atoms with E-state index in [0.29, 0.717) is 22.7 Å². The number of hydrogen-bond donors (Lipinski definition) is 0. The van der Waals surface area contributed by atoms with Gasteiger partial charge in [-0.1, -0.05) is 70.2 Å². The van der Waals surface area contributed by atoms with E-state index in [-0.39, 0.29) is 17.0 Å². The van der Waals surface area contributed by atoms with Gasteiger partial charge in [0.2, 0.25) is 0 Å². The van der Waals surface area contributed by atoms with Crippen molar-refractivity contribution in [3.05, 3.63) is 60.2 Å². The van der Waals surface area contributed by atoms with Gasteiger partial charge in [0.15, 0.2) is 0 Å². The number of aryl methyl sites for hydroxylation is 1. The standard InChI is InChI=1S/C26H34.BrH/c1-6-19-11-12-20-9-8-10-23(24(20)15-19)18(3)26(5)17-25(4)14-13-22(26)16-21(25)7-2;/h7-12,15,18,21-22H,2,6,13-14,16-17H2,1,3-5H3;1H/t18-,21+,22?,25-,26+;/m0./s1. The van der Waals surface area contributed by atoms with Crippen LogP contribution in [-0.2, 0) is 6.42 Å². The number of hydrogen-bond acceptors (Lipinski definition) is 0. The molecule has 2 aromatic carbocycles. The maximum absolute atomic E-state index is 4.16. The second-order valence-corrected chi connectivity index (χ2v) is 9.63. The lowest BCUT2D eigenvalue weighted by Gasteiger charge is -2.61. The van der Waals surface area contributed by atoms with E-state index in [4.69, 9.17) is 0 Å². The van der Waals surface area contributed by atoms with Crippen molar-refractivity contribution in [2.45, 2.75) is 65.7 Å². The van der Waals surface area contributed by atoms with Crippen LogP contribution in [0.5, 0.6) is 0 Å². The van der Waals surface area contributed by atoms with Gasteiger partial charge < -0.3 is 0 Å². The molecule has 27 heavy (non-hydrogen) atoms. The van der Waals surface area contributed by atoms with Crippen LogP contribution in [0.1, 0.15) is 70.4 Å². The number of allylic oxidation sites excluding steroid dienone is 1. The van der Waals surface area contributed by atoms with Crippen LogP contribution in [0.25, 0.3) is 10.8 Å². The van der Waals surface area contributed by atoms with Gasteiger partial charge in [-0.05, 0) is 82.6 Å². The fourth-order valence-corrected chi connectivity index (χ4v) is 6.42. The molecule has 0 heterocycles. The Labute approximate surface area is 176 Å². The van der Waals surface area contributed by atoms with Crippen molar-refractivity contribution in [2.75, 3.05) is 0 Å². The Morgan fingerprint density at radius 2 is 2.00 bits per heavy atom. The quantitative estimate of drug-likeness (QED) is 0.433. The highest BCUT2D eigenvalue weighted by atomic mass is 79.9. The topological polar surface area (TPSA) is 0 Å². The van der Waals surface area contributed by atoms with E-state index in [9.17, 15) is 0 Å². The van der Waals surface area contributed by atoms with E-state index in [1.807, 2.05) is 0 Å². The molecule has 5 rings (SSSR count). The van der Waals surface area contributed by atoms with Gasteiger partial charge in [0.1, 0.15) is 0 Å². The van der Waals surface area contributed by atoms with Crippen molar-refractivity contribution < 1.29 is 0 Å². The third-order valence-electron chi connectivity index (χ3n) is 8.34. The zero-order valence-corrected chi connectivity index (χ0v) is 19.1. The number of rotatable bonds is 4. The number of fused-ring (bicyclic) bond motifs is 4. The van der Waals surface area contributed by atoms with Crippen LogP contribution in [0.3, 0.4) is 0 Å². The molecule has 0 amide bonds. The van der Waals surface area contributed by atoms with E-state index in [0.717, 1.165) is 12.3 Å². The van der Waals surface area contributed by atoms with Gasteiger partial charge in [-0.3, -0.25) is 0 Å². The van der Waals surface area contributed by atoms with Gasteiger partial charge >= 0.3 is 0 Å². The Hall–Kier alpha value is -1.08. The maximum Gasteiger partial charge on any atom is -0.0127 e. The van der Waals surface area contributed by atoms with Crippen LogP contribution in [0, 0.1) is 22.7 Å². The first-order chi connectivity index (χ1) is 12.4. The molecule has 0 spiro atoms. The van der Waals surface area contributed by atoms with E-state index in [1.54, 1.807) is 5.56 Å². The van der Waals surface area contributed by atoms with E-state index >= 15 is 0 Å². The molecular formula is C26H35Br. The third kappa shape index (κ3) is 3.20. The van der Waals surface area contributed by atoms with Crippen LogP contribution < -0.4 is 0 Å². The zero-order valence-electron chi connectivity index (χ0n) is 17.4. The number of benzene rings is 2. The van der Waals surface area contributed by atoms with Gasteiger partial charge in [-0.2, -0.15) is 0 Å². The minimum atomic E-state index is 0. The fourth-order valence-electron chi connectivity index (χ4n) is 6.42. The Morgan fingerprint density at radius 1 is 1.22 bits per heavy atom. The highest BCUT2D eigenvalue weighted by Gasteiger charge is 2.55. The van der Waals surface area contributed by atoms with Crippen molar-refractivity contribution in [2.24, 2.45) is 22.7 Å². The second-order valence-electron chi connectivity index (χ2n) is 9.63. The summed E-state index contributed by atoms with van der Waals surface area (Å²) in [6, 6.07) is 14.0. The Morgan fingerprint density at radius 3 is 2.67 bits per heavy atom. The van der Waals surface area contributed by atoms with Gasteiger partial charge in [0, 0.05) is 0 Å². The smallest absolute Gasteiger partial charge is 0.0127 e. The first-order valence-electron chi connectivity index (χ1n) is 10.6. The average molecular weight is 427 g/mol. The summed E-state index contributed by atoms with van der Waals surface area (Å²) >= 11 is 0. The van der Waals surface area contributed by atoms with E-state index in [1.165, 1.54) is 42.0 Å². The number of halogens is 1. The summed E-state index contributed by atoms with van der Waals surface area (Å²) in [6.07, 6.45) is 8.82. The lowest BCUT2D eigenvalue weighted by Crippen LogP contribution is -2.51. The lowest BCUT2D eigenvalue weighted by molar-refractivity contribution is -0.0815. The first-order valence-corrected chi connectivity index (χ1v) is 10.6. The van der Waals surface area contributed by atoms with Crippen molar-refractivity contribution in [1.82, 2.24) is 0 Å². The molecule has 146 valence electrons. The third-order valence-corrected chi connectivity index (χ3v) is 8.34. The normalized spacial score (nSPS) is 33.5. The first kappa shape index (κ1) is 20.6. The molecule has 0 aliphatic heterocycles. The summed E-state index contributed by atoms with van der Waals surface area (Å²) in [5.74, 6) is 2.13. The second kappa shape index (κ2) is 7.39. The molecular weight excluding hydrogens is 392 g/mol. The summed E-state index contributed by atoms with van der Waals surface area (Å²) in [5.41, 5.74) is 3.85. The SMILES string of the molecule is Br.C=C[C@@H]1CC2CC[C@@]1(C)C[C@]2(C)[C@@H](C)c1cccc2ccc(CC)cc12. The molecule has 0 N–H and O–H groups in total. The molecule has 3 aliphatic carbocycles. The Kier molecular flexibility index (Phi) is 5.65. The average Bonchev–Trinajstić information content (AvgIpc) is 2.66. The summed E-state index contributed by atoms with van der Waals surface area (Å²) in [4.78, 5) is 0. The Bertz CT molecular complexity index is 837. The van der Waals surface area contributed by atoms with Gasteiger partial charge in [-0.25, -0.2) is 0 Å². The molecule has 2 bridgehead atoms. The van der Waals surface area contributed by atoms with Gasteiger partial charge in [0.25, 0.3) is 0 Å². The molecule has 5 atom stereocenters. The van der Waals surface area contributed by atoms with Crippen LogP contribution in [0.15, 0.2) is 49.1 Å². The summed E-state index contributed by atoms with van der Waals surface area (Å²) < 4.78 is 0. The largest absolute Gasteiger partial charge is 0.114 e. The van der Waals surface area contributed by atoms with E-state index in [2.05, 4.69) is 76.7 Å². The summed E-state index contributed by atoms with van der Waals surface area (Å²) in [5, 5.41) is 2.87. The lowest BCUT2D eigenvalue weighted by atomic mass is 9.44. The minimum Gasteiger partial charge on any atom is -0.114 e. The molecule has 1 unspecified atom stereocenters. The van der Waals surface area contributed by atoms with Crippen molar-refractivity contribution >= 4 is 27.8 Å². The molecule has 0 nitrogen and oxygen atoms in total. The fraction of sp³-hybridized carbons (Fsp3) is 0.538. The predicted molar refractivity (Wildman–Crippen MR) is 124 cm³/mol. The van der Waals surface area contributed by atoms with Crippen LogP contribution in [0.4, 0.5) is 0 Å². The van der Waals surface area contributed by atoms with Crippen LogP contribution in [-0.4, -0.2) is 0 Å². The molecule has 2 aromatic rings. The summed E-state index contributed by atoms with van der Waals surface area (Å²) in [6.45, 7) is 14.0. The molecule has 0 aromatic heterocycles. The molecule has 0 radical (unpaired) electrons. The van der Waals surface area contributed by atoms with E-state index < -0.39 is 0 Å². The molecule has 3 aliphatic rings. The molecule has 0 saturated heterocycles. The predicted octanol–water partition coefficient (Wildman–Crippen LogP) is 8.10.